The quantitative estimate of drug-likeness (QED) is 0.700. The van der Waals surface area contributed by atoms with Gasteiger partial charge in [-0.1, -0.05) is 12.1 Å². The first-order valence-electron chi connectivity index (χ1n) is 7.08. The molecule has 2 rings (SSSR count). The van der Waals surface area contributed by atoms with Crippen LogP contribution in [0, 0.1) is 0 Å². The number of carboxylic acid groups (broad SMARTS) is 1. The Labute approximate surface area is 143 Å². The maximum atomic E-state index is 12.0. The molecular formula is C17H16N2O4S. The molecule has 0 aliphatic rings. The van der Waals surface area contributed by atoms with Gasteiger partial charge < -0.3 is 15.7 Å². The first-order valence-corrected chi connectivity index (χ1v) is 8.07. The van der Waals surface area contributed by atoms with Crippen LogP contribution in [0.2, 0.25) is 0 Å². The van der Waals surface area contributed by atoms with Crippen molar-refractivity contribution in [2.24, 2.45) is 0 Å². The third-order valence-electron chi connectivity index (χ3n) is 2.97. The van der Waals surface area contributed by atoms with Gasteiger partial charge in [0.15, 0.2) is 0 Å². The average molecular weight is 344 g/mol. The van der Waals surface area contributed by atoms with Gasteiger partial charge in [0.1, 0.15) is 0 Å². The van der Waals surface area contributed by atoms with Crippen molar-refractivity contribution in [3.8, 4) is 0 Å². The molecule has 0 aliphatic carbocycles. The van der Waals surface area contributed by atoms with E-state index in [0.717, 1.165) is 11.8 Å². The molecule has 0 spiro atoms. The molecule has 0 aliphatic heterocycles. The van der Waals surface area contributed by atoms with Crippen LogP contribution >= 0.6 is 11.8 Å². The molecule has 6 nitrogen and oxygen atoms in total. The molecule has 0 aromatic heterocycles. The first-order chi connectivity index (χ1) is 11.5. The molecule has 0 fully saturated rings. The molecule has 2 aromatic carbocycles. The van der Waals surface area contributed by atoms with E-state index in [1.165, 1.54) is 13.0 Å². The van der Waals surface area contributed by atoms with Crippen LogP contribution < -0.4 is 10.6 Å². The van der Waals surface area contributed by atoms with Crippen molar-refractivity contribution in [2.75, 3.05) is 16.4 Å². The molecule has 0 heterocycles. The van der Waals surface area contributed by atoms with Crippen LogP contribution in [0.4, 0.5) is 11.4 Å². The summed E-state index contributed by atoms with van der Waals surface area (Å²) < 4.78 is 0. The Morgan fingerprint density at radius 3 is 2.12 bits per heavy atom. The normalized spacial score (nSPS) is 10.0. The average Bonchev–Trinajstić information content (AvgIpc) is 2.54. The second-order valence-corrected chi connectivity index (χ2v) is 5.91. The second kappa shape index (κ2) is 8.16. The fraction of sp³-hybridized carbons (Fsp3) is 0.118. The summed E-state index contributed by atoms with van der Waals surface area (Å²) in [5.41, 5.74) is 1.42. The molecule has 24 heavy (non-hydrogen) atoms. The van der Waals surface area contributed by atoms with Gasteiger partial charge >= 0.3 is 5.97 Å². The number of rotatable bonds is 6. The Hall–Kier alpha value is -2.80. The van der Waals surface area contributed by atoms with E-state index >= 15 is 0 Å². The molecule has 2 amide bonds. The smallest absolute Gasteiger partial charge is 0.336 e. The molecule has 0 unspecified atom stereocenters. The van der Waals surface area contributed by atoms with E-state index in [9.17, 15) is 14.4 Å². The maximum absolute atomic E-state index is 12.0. The highest BCUT2D eigenvalue weighted by Gasteiger charge is 2.11. The summed E-state index contributed by atoms with van der Waals surface area (Å²) in [6.45, 7) is 1.42. The molecular weight excluding hydrogens is 328 g/mol. The SMILES string of the molecule is CC(=O)Nc1ccc(NC(=O)CSc2ccccc2C(=O)O)cc1. The highest BCUT2D eigenvalue weighted by atomic mass is 32.2. The summed E-state index contributed by atoms with van der Waals surface area (Å²) in [6, 6.07) is 13.3. The number of carbonyl (C=O) groups excluding carboxylic acids is 2. The summed E-state index contributed by atoms with van der Waals surface area (Å²) in [7, 11) is 0. The van der Waals surface area contributed by atoms with Gasteiger partial charge in [0.2, 0.25) is 11.8 Å². The van der Waals surface area contributed by atoms with Gasteiger partial charge in [0, 0.05) is 23.2 Å². The van der Waals surface area contributed by atoms with E-state index < -0.39 is 5.97 Å². The van der Waals surface area contributed by atoms with Gasteiger partial charge in [0.25, 0.3) is 0 Å². The van der Waals surface area contributed by atoms with E-state index in [4.69, 9.17) is 5.11 Å². The van der Waals surface area contributed by atoms with E-state index in [1.54, 1.807) is 42.5 Å². The first kappa shape index (κ1) is 17.6. The Bertz CT molecular complexity index is 759. The Morgan fingerprint density at radius 1 is 0.958 bits per heavy atom. The van der Waals surface area contributed by atoms with Gasteiger partial charge in [-0.15, -0.1) is 11.8 Å². The number of amides is 2. The predicted octanol–water partition coefficient (Wildman–Crippen LogP) is 3.07. The summed E-state index contributed by atoms with van der Waals surface area (Å²) in [4.78, 5) is 34.6. The summed E-state index contributed by atoms with van der Waals surface area (Å²) >= 11 is 1.16. The monoisotopic (exact) mass is 344 g/mol. The minimum Gasteiger partial charge on any atom is -0.478 e. The van der Waals surface area contributed by atoms with Crippen LogP contribution in [0.25, 0.3) is 0 Å². The van der Waals surface area contributed by atoms with E-state index in [1.807, 2.05) is 0 Å². The summed E-state index contributed by atoms with van der Waals surface area (Å²) in [6.07, 6.45) is 0. The highest BCUT2D eigenvalue weighted by Crippen LogP contribution is 2.23. The molecule has 0 saturated heterocycles. The Balaban J connectivity index is 1.92. The molecule has 0 atom stereocenters. The Morgan fingerprint density at radius 2 is 1.54 bits per heavy atom. The molecule has 124 valence electrons. The van der Waals surface area contributed by atoms with Gasteiger partial charge in [-0.05, 0) is 36.4 Å². The van der Waals surface area contributed by atoms with Crippen LogP contribution in [0.3, 0.4) is 0 Å². The summed E-state index contributed by atoms with van der Waals surface area (Å²) in [5, 5.41) is 14.5. The zero-order chi connectivity index (χ0) is 17.5. The number of benzene rings is 2. The zero-order valence-corrected chi connectivity index (χ0v) is 13.7. The van der Waals surface area contributed by atoms with E-state index in [0.29, 0.717) is 16.3 Å². The van der Waals surface area contributed by atoms with Gasteiger partial charge in [-0.25, -0.2) is 4.79 Å². The van der Waals surface area contributed by atoms with Gasteiger partial charge in [-0.3, -0.25) is 9.59 Å². The number of anilines is 2. The largest absolute Gasteiger partial charge is 0.478 e. The van der Waals surface area contributed by atoms with Crippen LogP contribution in [-0.2, 0) is 9.59 Å². The maximum Gasteiger partial charge on any atom is 0.336 e. The van der Waals surface area contributed by atoms with E-state index in [2.05, 4.69) is 10.6 Å². The second-order valence-electron chi connectivity index (χ2n) is 4.90. The topological polar surface area (TPSA) is 95.5 Å². The van der Waals surface area contributed by atoms with Gasteiger partial charge in [0.05, 0.1) is 11.3 Å². The number of aromatic carboxylic acids is 1. The van der Waals surface area contributed by atoms with Crippen molar-refractivity contribution in [3.05, 3.63) is 54.1 Å². The molecule has 2 aromatic rings. The molecule has 7 heteroatoms. The van der Waals surface area contributed by atoms with E-state index in [-0.39, 0.29) is 23.1 Å². The number of hydrogen-bond donors (Lipinski definition) is 3. The predicted molar refractivity (Wildman–Crippen MR) is 93.5 cm³/mol. The van der Waals surface area contributed by atoms with Crippen molar-refractivity contribution in [1.29, 1.82) is 0 Å². The van der Waals surface area contributed by atoms with Crippen molar-refractivity contribution in [2.45, 2.75) is 11.8 Å². The van der Waals surface area contributed by atoms with Gasteiger partial charge in [-0.2, -0.15) is 0 Å². The zero-order valence-electron chi connectivity index (χ0n) is 12.9. The van der Waals surface area contributed by atoms with Crippen LogP contribution in [0.15, 0.2) is 53.4 Å². The molecule has 3 N–H and O–H groups in total. The van der Waals surface area contributed by atoms with Crippen molar-refractivity contribution in [3.63, 3.8) is 0 Å². The number of thioether (sulfide) groups is 1. The van der Waals surface area contributed by atoms with Crippen molar-refractivity contribution < 1.29 is 19.5 Å². The van der Waals surface area contributed by atoms with Crippen molar-refractivity contribution in [1.82, 2.24) is 0 Å². The lowest BCUT2D eigenvalue weighted by Crippen LogP contribution is -2.14. The molecule has 0 saturated carbocycles. The number of nitrogens with one attached hydrogen (secondary N) is 2. The lowest BCUT2D eigenvalue weighted by Gasteiger charge is -2.08. The number of carboxylic acids is 1. The standard InChI is InChI=1S/C17H16N2O4S/c1-11(20)18-12-6-8-13(9-7-12)19-16(21)10-24-15-5-3-2-4-14(15)17(22)23/h2-9H,10H2,1H3,(H,18,20)(H,19,21)(H,22,23). The fourth-order valence-electron chi connectivity index (χ4n) is 1.95. The van der Waals surface area contributed by atoms with Crippen molar-refractivity contribution >= 4 is 40.9 Å². The fourth-order valence-corrected chi connectivity index (χ4v) is 2.79. The highest BCUT2D eigenvalue weighted by molar-refractivity contribution is 8.00. The minimum absolute atomic E-state index is 0.0950. The molecule has 0 radical (unpaired) electrons. The lowest BCUT2D eigenvalue weighted by atomic mass is 10.2. The molecule has 0 bridgehead atoms. The lowest BCUT2D eigenvalue weighted by molar-refractivity contribution is -0.114. The van der Waals surface area contributed by atoms with Crippen LogP contribution in [-0.4, -0.2) is 28.6 Å². The third kappa shape index (κ3) is 5.13. The summed E-state index contributed by atoms with van der Waals surface area (Å²) in [5.74, 6) is -1.34. The minimum atomic E-state index is -1.02. The number of carbonyl (C=O) groups is 3. The Kier molecular flexibility index (Phi) is 5.97. The number of hydrogen-bond acceptors (Lipinski definition) is 4. The van der Waals surface area contributed by atoms with Crippen LogP contribution in [0.5, 0.6) is 0 Å². The third-order valence-corrected chi connectivity index (χ3v) is 4.04. The van der Waals surface area contributed by atoms with Crippen LogP contribution in [0.1, 0.15) is 17.3 Å².